The van der Waals surface area contributed by atoms with Gasteiger partial charge in [0.15, 0.2) is 5.82 Å². The van der Waals surface area contributed by atoms with E-state index < -0.39 is 0 Å². The third-order valence-corrected chi connectivity index (χ3v) is 6.13. The molecule has 0 amide bonds. The van der Waals surface area contributed by atoms with Crippen molar-refractivity contribution in [2.75, 3.05) is 11.4 Å². The van der Waals surface area contributed by atoms with E-state index >= 15 is 0 Å². The molecule has 1 aliphatic rings. The molecule has 1 fully saturated rings. The van der Waals surface area contributed by atoms with E-state index in [-0.39, 0.29) is 0 Å². The maximum Gasteiger partial charge on any atom is 0.172 e. The Morgan fingerprint density at radius 1 is 1.11 bits per heavy atom. The third-order valence-electron chi connectivity index (χ3n) is 5.26. The van der Waals surface area contributed by atoms with E-state index in [1.165, 1.54) is 5.56 Å². The van der Waals surface area contributed by atoms with Crippen LogP contribution in [0.15, 0.2) is 48.0 Å². The lowest BCUT2D eigenvalue weighted by Gasteiger charge is -2.27. The van der Waals surface area contributed by atoms with Crippen LogP contribution in [0.3, 0.4) is 0 Å². The summed E-state index contributed by atoms with van der Waals surface area (Å²) in [6.45, 7) is 3.10. The van der Waals surface area contributed by atoms with Crippen LogP contribution in [-0.4, -0.2) is 26.3 Å². The molecule has 6 heteroatoms. The van der Waals surface area contributed by atoms with Gasteiger partial charge in [0.25, 0.3) is 0 Å². The smallest absolute Gasteiger partial charge is 0.172 e. The van der Waals surface area contributed by atoms with Crippen LogP contribution in [0.25, 0.3) is 21.6 Å². The van der Waals surface area contributed by atoms with Gasteiger partial charge in [0.1, 0.15) is 5.82 Å². The first-order valence-electron chi connectivity index (χ1n) is 9.28. The third kappa shape index (κ3) is 2.80. The van der Waals surface area contributed by atoms with Gasteiger partial charge >= 0.3 is 0 Å². The Balaban J connectivity index is 1.68. The zero-order chi connectivity index (χ0) is 18.4. The summed E-state index contributed by atoms with van der Waals surface area (Å²) in [5.41, 5.74) is 3.40. The number of thiophene rings is 1. The summed E-state index contributed by atoms with van der Waals surface area (Å²) in [7, 11) is 1.99. The SMILES string of the molecule is Cc1nn(C)cc1C1CCCN1c1nc(-c2cccs2)nc2ccccc12. The van der Waals surface area contributed by atoms with Crippen LogP contribution < -0.4 is 4.90 Å². The molecule has 1 unspecified atom stereocenters. The maximum absolute atomic E-state index is 5.04. The molecule has 5 rings (SSSR count). The fourth-order valence-corrected chi connectivity index (χ4v) is 4.74. The molecule has 0 spiro atoms. The van der Waals surface area contributed by atoms with Crippen LogP contribution in [-0.2, 0) is 7.05 Å². The molecule has 5 nitrogen and oxygen atoms in total. The Morgan fingerprint density at radius 2 is 2.00 bits per heavy atom. The summed E-state index contributed by atoms with van der Waals surface area (Å²) in [5, 5.41) is 7.75. The minimum atomic E-state index is 0.313. The summed E-state index contributed by atoms with van der Waals surface area (Å²) in [6.07, 6.45) is 4.44. The number of rotatable bonds is 3. The zero-order valence-corrected chi connectivity index (χ0v) is 16.3. The summed E-state index contributed by atoms with van der Waals surface area (Å²) in [6, 6.07) is 12.8. The molecule has 3 aromatic heterocycles. The van der Waals surface area contributed by atoms with Gasteiger partial charge in [-0.25, -0.2) is 9.97 Å². The van der Waals surface area contributed by atoms with Crippen molar-refractivity contribution in [3.63, 3.8) is 0 Å². The van der Waals surface area contributed by atoms with E-state index in [1.807, 2.05) is 17.8 Å². The quantitative estimate of drug-likeness (QED) is 0.519. The first-order valence-corrected chi connectivity index (χ1v) is 10.2. The van der Waals surface area contributed by atoms with Crippen molar-refractivity contribution in [2.45, 2.75) is 25.8 Å². The van der Waals surface area contributed by atoms with Gasteiger partial charge in [-0.05, 0) is 43.3 Å². The van der Waals surface area contributed by atoms with Gasteiger partial charge in [-0.1, -0.05) is 18.2 Å². The summed E-state index contributed by atoms with van der Waals surface area (Å²) in [4.78, 5) is 13.4. The van der Waals surface area contributed by atoms with Crippen molar-refractivity contribution in [3.05, 3.63) is 59.2 Å². The Labute approximate surface area is 162 Å². The Morgan fingerprint density at radius 3 is 2.78 bits per heavy atom. The molecule has 1 atom stereocenters. The fourth-order valence-electron chi connectivity index (χ4n) is 4.08. The van der Waals surface area contributed by atoms with Crippen molar-refractivity contribution >= 4 is 28.1 Å². The van der Waals surface area contributed by atoms with Crippen molar-refractivity contribution in [1.82, 2.24) is 19.7 Å². The van der Waals surface area contributed by atoms with Crippen molar-refractivity contribution in [1.29, 1.82) is 0 Å². The second-order valence-electron chi connectivity index (χ2n) is 7.06. The van der Waals surface area contributed by atoms with E-state index in [0.29, 0.717) is 6.04 Å². The monoisotopic (exact) mass is 375 g/mol. The number of para-hydroxylation sites is 1. The van der Waals surface area contributed by atoms with Gasteiger partial charge in [0, 0.05) is 30.7 Å². The van der Waals surface area contributed by atoms with Gasteiger partial charge in [-0.2, -0.15) is 5.10 Å². The van der Waals surface area contributed by atoms with E-state index in [4.69, 9.17) is 9.97 Å². The molecule has 27 heavy (non-hydrogen) atoms. The summed E-state index contributed by atoms with van der Waals surface area (Å²) in [5.74, 6) is 1.85. The highest BCUT2D eigenvalue weighted by atomic mass is 32.1. The van der Waals surface area contributed by atoms with Crippen LogP contribution in [0.4, 0.5) is 5.82 Å². The molecule has 136 valence electrons. The second-order valence-corrected chi connectivity index (χ2v) is 8.01. The molecule has 0 saturated carbocycles. The number of hydrogen-bond donors (Lipinski definition) is 0. The molecule has 4 heterocycles. The van der Waals surface area contributed by atoms with Crippen LogP contribution in [0.5, 0.6) is 0 Å². The summed E-state index contributed by atoms with van der Waals surface area (Å²) < 4.78 is 1.91. The lowest BCUT2D eigenvalue weighted by Crippen LogP contribution is -2.24. The van der Waals surface area contributed by atoms with Crippen molar-refractivity contribution in [3.8, 4) is 10.7 Å². The average Bonchev–Trinajstić information content (AvgIpc) is 3.41. The Hall–Kier alpha value is -2.73. The molecular weight excluding hydrogens is 354 g/mol. The molecule has 4 aromatic rings. The standard InChI is InChI=1S/C21H21N5S/c1-14-16(13-25(2)24-14)18-9-5-11-26(18)21-15-7-3-4-8-17(15)22-20(23-21)19-10-6-12-27-19/h3-4,6-8,10,12-13,18H,5,9,11H2,1-2H3. The molecule has 0 N–H and O–H groups in total. The van der Waals surface area contributed by atoms with Crippen LogP contribution >= 0.6 is 11.3 Å². The predicted octanol–water partition coefficient (Wildman–Crippen LogP) is 4.74. The molecule has 1 aliphatic heterocycles. The number of benzene rings is 1. The van der Waals surface area contributed by atoms with Gasteiger partial charge in [-0.15, -0.1) is 11.3 Å². The largest absolute Gasteiger partial charge is 0.349 e. The first-order chi connectivity index (χ1) is 13.2. The van der Waals surface area contributed by atoms with Gasteiger partial charge in [0.2, 0.25) is 0 Å². The second kappa shape index (κ2) is 6.46. The van der Waals surface area contributed by atoms with Gasteiger partial charge in [0.05, 0.1) is 22.1 Å². The highest BCUT2D eigenvalue weighted by Gasteiger charge is 2.31. The minimum absolute atomic E-state index is 0.313. The lowest BCUT2D eigenvalue weighted by molar-refractivity contribution is 0.707. The Bertz CT molecular complexity index is 1100. The number of anilines is 1. The maximum atomic E-state index is 5.04. The normalized spacial score (nSPS) is 17.1. The topological polar surface area (TPSA) is 46.8 Å². The first kappa shape index (κ1) is 16.4. The highest BCUT2D eigenvalue weighted by molar-refractivity contribution is 7.13. The highest BCUT2D eigenvalue weighted by Crippen LogP contribution is 2.40. The van der Waals surface area contributed by atoms with Crippen LogP contribution in [0, 0.1) is 6.92 Å². The van der Waals surface area contributed by atoms with E-state index in [9.17, 15) is 0 Å². The number of hydrogen-bond acceptors (Lipinski definition) is 5. The number of fused-ring (bicyclic) bond motifs is 1. The minimum Gasteiger partial charge on any atom is -0.349 e. The molecule has 0 aliphatic carbocycles. The lowest BCUT2D eigenvalue weighted by atomic mass is 10.1. The molecule has 0 radical (unpaired) electrons. The van der Waals surface area contributed by atoms with E-state index in [2.05, 4.69) is 58.8 Å². The number of aryl methyl sites for hydroxylation is 2. The zero-order valence-electron chi connectivity index (χ0n) is 15.5. The van der Waals surface area contributed by atoms with Crippen LogP contribution in [0.1, 0.15) is 30.1 Å². The number of aromatic nitrogens is 4. The van der Waals surface area contributed by atoms with Crippen molar-refractivity contribution in [2.24, 2.45) is 7.05 Å². The average molecular weight is 376 g/mol. The van der Waals surface area contributed by atoms with E-state index in [0.717, 1.165) is 52.5 Å². The molecular formula is C21H21N5S. The predicted molar refractivity (Wildman–Crippen MR) is 110 cm³/mol. The van der Waals surface area contributed by atoms with E-state index in [1.54, 1.807) is 11.3 Å². The van der Waals surface area contributed by atoms with Crippen LogP contribution in [0.2, 0.25) is 0 Å². The Kier molecular flexibility index (Phi) is 3.93. The van der Waals surface area contributed by atoms with Gasteiger partial charge in [-0.3, -0.25) is 4.68 Å². The summed E-state index contributed by atoms with van der Waals surface area (Å²) >= 11 is 1.68. The molecule has 1 aromatic carbocycles. The molecule has 0 bridgehead atoms. The van der Waals surface area contributed by atoms with Gasteiger partial charge < -0.3 is 4.90 Å². The molecule has 1 saturated heterocycles. The fraction of sp³-hybridized carbons (Fsp3) is 0.286. The number of nitrogens with zero attached hydrogens (tertiary/aromatic N) is 5. The van der Waals surface area contributed by atoms with Crippen molar-refractivity contribution < 1.29 is 0 Å².